The van der Waals surface area contributed by atoms with Gasteiger partial charge in [0.25, 0.3) is 0 Å². The molecule has 22 heteroatoms. The molecule has 0 aromatic rings. The molecule has 0 fully saturated rings. The molecule has 0 rings (SSSR count). The summed E-state index contributed by atoms with van der Waals surface area (Å²) in [5.74, 6) is 0. The van der Waals surface area contributed by atoms with Crippen LogP contribution in [0.3, 0.4) is 0 Å². The zero-order valence-electron chi connectivity index (χ0n) is 13.5. The van der Waals surface area contributed by atoms with E-state index >= 15 is 0 Å². The van der Waals surface area contributed by atoms with Crippen molar-refractivity contribution in [1.29, 1.82) is 0 Å². The average molecular weight is 489 g/mol. The quantitative estimate of drug-likeness (QED) is 0.220. The zero-order valence-corrected chi connectivity index (χ0v) is 17.9. The zero-order chi connectivity index (χ0) is 20.8. The first-order chi connectivity index (χ1) is 10.2. The number of rotatable bonds is 4. The Hall–Kier alpha value is -0.0275. The minimum absolute atomic E-state index is 0. The largest absolute Gasteiger partial charge is 3.00 e. The normalized spacial score (nSPS) is 10.8. The van der Waals surface area contributed by atoms with E-state index in [1.54, 1.807) is 0 Å². The SMILES string of the molecule is COS(=O)(=O)O.COS(=O)(=O)[O-].COS(=O)(=O)[O-].COS(=O)(=O)[O-].N.[Al+3]. The molecule has 0 spiro atoms. The maximum Gasteiger partial charge on any atom is 3.00 e. The summed E-state index contributed by atoms with van der Waals surface area (Å²) in [5, 5.41) is 0. The van der Waals surface area contributed by atoms with Crippen LogP contribution in [0.5, 0.6) is 0 Å². The van der Waals surface area contributed by atoms with Crippen molar-refractivity contribution >= 4 is 59.0 Å². The third-order valence-electron chi connectivity index (χ3n) is 0.823. The van der Waals surface area contributed by atoms with Crippen molar-refractivity contribution in [3.05, 3.63) is 0 Å². The molecule has 0 heterocycles. The molecule has 0 aromatic carbocycles. The van der Waals surface area contributed by atoms with E-state index < -0.39 is 41.6 Å². The Morgan fingerprint density at radius 3 is 0.654 bits per heavy atom. The van der Waals surface area contributed by atoms with Gasteiger partial charge in [0, 0.05) is 0 Å². The maximum absolute atomic E-state index is 9.33. The number of hydrogen-bond donors (Lipinski definition) is 2. The van der Waals surface area contributed by atoms with E-state index in [-0.39, 0.29) is 23.5 Å². The Morgan fingerprint density at radius 1 is 0.577 bits per heavy atom. The minimum atomic E-state index is -4.41. The van der Waals surface area contributed by atoms with Crippen molar-refractivity contribution in [1.82, 2.24) is 6.15 Å². The number of hydrogen-bond acceptors (Lipinski definition) is 16. The van der Waals surface area contributed by atoms with Crippen LogP contribution < -0.4 is 6.15 Å². The summed E-state index contributed by atoms with van der Waals surface area (Å²) in [6.07, 6.45) is 0. The standard InChI is InChI=1S/4CH4O4S.Al.H3N/c4*1-5-6(2,3)4;;/h4*1H3,(H,2,3,4);;1H3/q;;;;+3;/p-3. The van der Waals surface area contributed by atoms with Crippen LogP contribution in [0.2, 0.25) is 0 Å². The molecular formula is C4H16AlNO16S4. The van der Waals surface area contributed by atoms with Gasteiger partial charge in [-0.05, 0) is 0 Å². The van der Waals surface area contributed by atoms with Gasteiger partial charge in [0.1, 0.15) is 0 Å². The Balaban J connectivity index is -0.0000000500. The van der Waals surface area contributed by atoms with E-state index in [1.807, 2.05) is 0 Å². The Labute approximate surface area is 162 Å². The van der Waals surface area contributed by atoms with Gasteiger partial charge in [0.15, 0.2) is 0 Å². The summed E-state index contributed by atoms with van der Waals surface area (Å²) in [6, 6.07) is 0. The van der Waals surface area contributed by atoms with Crippen LogP contribution in [-0.2, 0) is 58.3 Å². The van der Waals surface area contributed by atoms with Crippen LogP contribution >= 0.6 is 0 Å². The molecule has 17 nitrogen and oxygen atoms in total. The Bertz CT molecular complexity index is 578. The van der Waals surface area contributed by atoms with E-state index in [1.165, 1.54) is 0 Å². The molecule has 0 saturated carbocycles. The molecule has 4 N–H and O–H groups in total. The molecule has 0 aromatic heterocycles. The average Bonchev–Trinajstić information content (AvgIpc) is 2.37. The van der Waals surface area contributed by atoms with Crippen LogP contribution in [0.4, 0.5) is 0 Å². The van der Waals surface area contributed by atoms with Gasteiger partial charge in [0.2, 0.25) is 31.2 Å². The molecule has 0 unspecified atom stereocenters. The fourth-order valence-electron chi connectivity index (χ4n) is 0. The van der Waals surface area contributed by atoms with Gasteiger partial charge in [-0.15, -0.1) is 0 Å². The summed E-state index contributed by atoms with van der Waals surface area (Å²) in [6.45, 7) is 0. The van der Waals surface area contributed by atoms with Gasteiger partial charge in [-0.1, -0.05) is 0 Å². The monoisotopic (exact) mass is 489 g/mol. The fourth-order valence-corrected chi connectivity index (χ4v) is 0. The van der Waals surface area contributed by atoms with Crippen molar-refractivity contribution in [2.24, 2.45) is 0 Å². The van der Waals surface area contributed by atoms with E-state index in [4.69, 9.17) is 4.55 Å². The third-order valence-corrected chi connectivity index (χ3v) is 2.47. The molecule has 0 bridgehead atoms. The van der Waals surface area contributed by atoms with Crippen LogP contribution in [-0.4, -0.2) is 97.7 Å². The smallest absolute Gasteiger partial charge is 0.726 e. The molecule has 0 radical (unpaired) electrons. The second-order valence-electron chi connectivity index (χ2n) is 2.32. The van der Waals surface area contributed by atoms with Crippen LogP contribution in [0.25, 0.3) is 0 Å². The summed E-state index contributed by atoms with van der Waals surface area (Å²) in [7, 11) is -14.1. The van der Waals surface area contributed by atoms with Crippen LogP contribution in [0.1, 0.15) is 0 Å². The van der Waals surface area contributed by atoms with Gasteiger partial charge in [-0.2, -0.15) is 8.42 Å². The molecule has 0 amide bonds. The Kier molecular flexibility index (Phi) is 28.6. The van der Waals surface area contributed by atoms with E-state index in [9.17, 15) is 47.3 Å². The summed E-state index contributed by atoms with van der Waals surface area (Å²) >= 11 is 0. The summed E-state index contributed by atoms with van der Waals surface area (Å²) < 4.78 is 123. The van der Waals surface area contributed by atoms with Crippen molar-refractivity contribution in [3.8, 4) is 0 Å². The second-order valence-corrected chi connectivity index (χ2v) is 6.96. The van der Waals surface area contributed by atoms with Gasteiger partial charge >= 0.3 is 27.8 Å². The molecule has 0 aliphatic rings. The first-order valence-electron chi connectivity index (χ1n) is 4.32. The molecular weight excluding hydrogens is 473 g/mol. The molecule has 0 atom stereocenters. The first-order valence-corrected chi connectivity index (χ1v) is 9.68. The first kappa shape index (κ1) is 40.6. The fraction of sp³-hybridized carbons (Fsp3) is 1.00. The third kappa shape index (κ3) is 88.3. The minimum Gasteiger partial charge on any atom is -0.726 e. The topological polar surface area (TPSA) is 298 Å². The second kappa shape index (κ2) is 18.3. The predicted molar refractivity (Wildman–Crippen MR) is 79.5 cm³/mol. The van der Waals surface area contributed by atoms with Crippen molar-refractivity contribution in [2.45, 2.75) is 0 Å². The van der Waals surface area contributed by atoms with Gasteiger partial charge < -0.3 is 19.8 Å². The van der Waals surface area contributed by atoms with E-state index in [0.717, 1.165) is 28.4 Å². The molecule has 26 heavy (non-hydrogen) atoms. The van der Waals surface area contributed by atoms with Crippen LogP contribution in [0, 0.1) is 0 Å². The molecule has 160 valence electrons. The summed E-state index contributed by atoms with van der Waals surface area (Å²) in [4.78, 5) is 0. The van der Waals surface area contributed by atoms with Crippen molar-refractivity contribution in [2.75, 3.05) is 28.4 Å². The van der Waals surface area contributed by atoms with Gasteiger partial charge in [-0.3, -0.25) is 21.3 Å². The predicted octanol–water partition coefficient (Wildman–Crippen LogP) is -3.50. The molecule has 0 aliphatic carbocycles. The van der Waals surface area contributed by atoms with Gasteiger partial charge in [0.05, 0.1) is 28.4 Å². The van der Waals surface area contributed by atoms with Crippen molar-refractivity contribution in [3.63, 3.8) is 0 Å². The summed E-state index contributed by atoms with van der Waals surface area (Å²) in [5.41, 5.74) is 0. The molecule has 0 saturated heterocycles. The van der Waals surface area contributed by atoms with Gasteiger partial charge in [-0.25, -0.2) is 25.3 Å². The molecule has 0 aliphatic heterocycles. The van der Waals surface area contributed by atoms with Crippen molar-refractivity contribution < 1.29 is 68.6 Å². The Morgan fingerprint density at radius 2 is 0.654 bits per heavy atom. The maximum atomic E-state index is 9.33. The van der Waals surface area contributed by atoms with E-state index in [2.05, 4.69) is 16.7 Å². The van der Waals surface area contributed by atoms with Crippen LogP contribution in [0.15, 0.2) is 0 Å². The van der Waals surface area contributed by atoms with E-state index in [0.29, 0.717) is 0 Å².